The molecule has 1 heterocycles. The first-order chi connectivity index (χ1) is 22.9. The number of methoxy groups -OCH3 is 1. The number of anilines is 1. The number of fused-ring (bicyclic) bond motifs is 1. The maximum absolute atomic E-state index is 13.7. The first kappa shape index (κ1) is 36.3. The van der Waals surface area contributed by atoms with Crippen molar-refractivity contribution in [1.29, 1.82) is 0 Å². The Balaban J connectivity index is 1.48. The van der Waals surface area contributed by atoms with Crippen molar-refractivity contribution in [3.8, 4) is 5.75 Å². The zero-order chi connectivity index (χ0) is 33.6. The molecule has 0 unspecified atom stereocenters. The largest absolute Gasteiger partial charge is 0.497 e. The average Bonchev–Trinajstić information content (AvgIpc) is 3.47. The Morgan fingerprint density at radius 3 is 2.13 bits per heavy atom. The molecule has 47 heavy (non-hydrogen) atoms. The third-order valence-corrected chi connectivity index (χ3v) is 10.2. The minimum absolute atomic E-state index is 0.209. The number of carbonyl (C=O) groups excluding carboxylic acids is 2. The number of amides is 2. The Morgan fingerprint density at radius 2 is 1.49 bits per heavy atom. The molecular weight excluding hydrogens is 609 g/mol. The van der Waals surface area contributed by atoms with Crippen molar-refractivity contribution < 1.29 is 14.3 Å². The van der Waals surface area contributed by atoms with Crippen molar-refractivity contribution >= 4 is 34.4 Å². The van der Waals surface area contributed by atoms with E-state index in [2.05, 4.69) is 64.3 Å². The van der Waals surface area contributed by atoms with Crippen molar-refractivity contribution in [2.75, 3.05) is 64.8 Å². The highest BCUT2D eigenvalue weighted by Crippen LogP contribution is 2.38. The smallest absolute Gasteiger partial charge is 0.274 e. The van der Waals surface area contributed by atoms with Gasteiger partial charge in [0.2, 0.25) is 0 Å². The molecule has 2 aromatic carbocycles. The molecule has 4 rings (SSSR count). The van der Waals surface area contributed by atoms with E-state index in [1.54, 1.807) is 13.3 Å². The van der Waals surface area contributed by atoms with Gasteiger partial charge < -0.3 is 19.9 Å². The highest BCUT2D eigenvalue weighted by atomic mass is 32.1. The number of hydrogen-bond acceptors (Lipinski definition) is 8. The van der Waals surface area contributed by atoms with Crippen LogP contribution < -0.4 is 15.5 Å². The number of thiophene rings is 1. The number of hydrogen-bond donors (Lipinski definition) is 2. The van der Waals surface area contributed by atoms with Crippen LogP contribution in [0.1, 0.15) is 82.8 Å². The molecule has 0 atom stereocenters. The first-order valence-corrected chi connectivity index (χ1v) is 17.9. The van der Waals surface area contributed by atoms with Crippen LogP contribution in [0.2, 0.25) is 0 Å². The minimum atomic E-state index is -0.310. The lowest BCUT2D eigenvalue weighted by molar-refractivity contribution is 0.0955. The Hall–Kier alpha value is -3.57. The zero-order valence-corrected chi connectivity index (χ0v) is 29.6. The number of ether oxygens (including phenoxy) is 1. The van der Waals surface area contributed by atoms with E-state index in [1.165, 1.54) is 16.2 Å². The van der Waals surface area contributed by atoms with Crippen LogP contribution in [0.3, 0.4) is 0 Å². The summed E-state index contributed by atoms with van der Waals surface area (Å²) in [5.74, 6) is 0.235. The van der Waals surface area contributed by atoms with Crippen LogP contribution in [-0.2, 0) is 19.4 Å². The second-order valence-corrected chi connectivity index (χ2v) is 13.0. The summed E-state index contributed by atoms with van der Waals surface area (Å²) in [7, 11) is 1.62. The first-order valence-electron chi connectivity index (χ1n) is 17.1. The quantitative estimate of drug-likeness (QED) is 0.126. The summed E-state index contributed by atoms with van der Waals surface area (Å²) in [5.41, 5.74) is 6.78. The van der Waals surface area contributed by atoms with Gasteiger partial charge in [-0.25, -0.2) is 5.43 Å². The van der Waals surface area contributed by atoms with E-state index < -0.39 is 0 Å². The van der Waals surface area contributed by atoms with Crippen LogP contribution in [0.5, 0.6) is 5.75 Å². The molecule has 0 spiro atoms. The van der Waals surface area contributed by atoms with Gasteiger partial charge in [-0.15, -0.1) is 11.3 Å². The molecule has 1 aliphatic carbocycles. The van der Waals surface area contributed by atoms with Crippen molar-refractivity contribution in [2.24, 2.45) is 5.10 Å². The van der Waals surface area contributed by atoms with E-state index in [1.807, 2.05) is 42.5 Å². The van der Waals surface area contributed by atoms with Crippen LogP contribution in [0.15, 0.2) is 53.6 Å². The van der Waals surface area contributed by atoms with Gasteiger partial charge in [0.25, 0.3) is 11.8 Å². The summed E-state index contributed by atoms with van der Waals surface area (Å²) in [6, 6.07) is 15.3. The molecule has 2 amide bonds. The molecule has 0 saturated carbocycles. The number of aryl methyl sites for hydroxylation is 1. The molecule has 3 aromatic rings. The third kappa shape index (κ3) is 10.5. The Kier molecular flexibility index (Phi) is 14.4. The van der Waals surface area contributed by atoms with Crippen LogP contribution >= 0.6 is 11.3 Å². The van der Waals surface area contributed by atoms with Crippen LogP contribution in [0.4, 0.5) is 5.00 Å². The maximum atomic E-state index is 13.7. The molecular formula is C37H52N6O3S. The Labute approximate surface area is 285 Å². The van der Waals surface area contributed by atoms with Gasteiger partial charge in [-0.1, -0.05) is 39.8 Å². The maximum Gasteiger partial charge on any atom is 0.274 e. The van der Waals surface area contributed by atoms with Crippen molar-refractivity contribution in [1.82, 2.24) is 20.1 Å². The SMILES string of the molecule is CCN(CC)CCN(CCN(CC)CC)Cc1cccc(C(=O)Nc2sc3c(c2C(=O)NN=Cc2ccc(OC)cc2)CCCC3)c1. The van der Waals surface area contributed by atoms with Gasteiger partial charge in [0, 0.05) is 43.2 Å². The fraction of sp³-hybridized carbons (Fsp3) is 0.486. The van der Waals surface area contributed by atoms with Gasteiger partial charge in [-0.2, -0.15) is 5.10 Å². The fourth-order valence-corrected chi connectivity index (χ4v) is 7.25. The lowest BCUT2D eigenvalue weighted by atomic mass is 9.95. The predicted octanol–water partition coefficient (Wildman–Crippen LogP) is 6.14. The van der Waals surface area contributed by atoms with Gasteiger partial charge in [0.15, 0.2) is 0 Å². The Bertz CT molecular complexity index is 1450. The van der Waals surface area contributed by atoms with E-state index in [0.29, 0.717) is 16.1 Å². The second-order valence-electron chi connectivity index (χ2n) is 11.9. The summed E-state index contributed by atoms with van der Waals surface area (Å²) in [6.45, 7) is 17.7. The molecule has 0 radical (unpaired) electrons. The molecule has 0 fully saturated rings. The van der Waals surface area contributed by atoms with E-state index in [0.717, 1.165) is 107 Å². The average molecular weight is 661 g/mol. The summed E-state index contributed by atoms with van der Waals surface area (Å²) < 4.78 is 5.21. The summed E-state index contributed by atoms with van der Waals surface area (Å²) in [4.78, 5) is 35.7. The van der Waals surface area contributed by atoms with Gasteiger partial charge in [0.1, 0.15) is 10.8 Å². The summed E-state index contributed by atoms with van der Waals surface area (Å²) in [5, 5.41) is 7.90. The highest BCUT2D eigenvalue weighted by Gasteiger charge is 2.26. The highest BCUT2D eigenvalue weighted by molar-refractivity contribution is 7.17. The molecule has 254 valence electrons. The molecule has 1 aliphatic rings. The number of hydrazone groups is 1. The predicted molar refractivity (Wildman–Crippen MR) is 194 cm³/mol. The number of benzene rings is 2. The van der Waals surface area contributed by atoms with Gasteiger partial charge in [-0.05, 0) is 105 Å². The number of nitrogens with zero attached hydrogens (tertiary/aromatic N) is 4. The normalized spacial score (nSPS) is 13.0. The van der Waals surface area contributed by atoms with Crippen molar-refractivity contribution in [3.05, 3.63) is 81.2 Å². The van der Waals surface area contributed by atoms with Gasteiger partial charge >= 0.3 is 0 Å². The fourth-order valence-electron chi connectivity index (χ4n) is 5.97. The molecule has 1 aromatic heterocycles. The molecule has 0 saturated heterocycles. The van der Waals surface area contributed by atoms with E-state index in [9.17, 15) is 9.59 Å². The van der Waals surface area contributed by atoms with E-state index in [-0.39, 0.29) is 11.8 Å². The van der Waals surface area contributed by atoms with Crippen LogP contribution in [0, 0.1) is 0 Å². The monoisotopic (exact) mass is 660 g/mol. The number of carbonyl (C=O) groups is 2. The molecule has 0 bridgehead atoms. The van der Waals surface area contributed by atoms with Gasteiger partial charge in [-0.3, -0.25) is 14.5 Å². The number of likely N-dealkylation sites (N-methyl/N-ethyl adjacent to an activating group) is 2. The lowest BCUT2D eigenvalue weighted by Crippen LogP contribution is -2.39. The van der Waals surface area contributed by atoms with Crippen molar-refractivity contribution in [3.63, 3.8) is 0 Å². The molecule has 10 heteroatoms. The van der Waals surface area contributed by atoms with E-state index >= 15 is 0 Å². The number of nitrogens with one attached hydrogen (secondary N) is 2. The van der Waals surface area contributed by atoms with E-state index in [4.69, 9.17) is 4.74 Å². The standard InChI is InChI=1S/C37H52N6O3S/c1-6-41(7-2)21-23-43(24-22-42(8-3)9-4)27-29-13-12-14-30(25-29)35(44)39-37-34(32-15-10-11-16-33(32)47-37)36(45)40-38-26-28-17-19-31(46-5)20-18-28/h12-14,17-20,25-26H,6-11,15-16,21-24,27H2,1-5H3,(H,39,44)(H,40,45). The van der Waals surface area contributed by atoms with Gasteiger partial charge in [0.05, 0.1) is 18.9 Å². The van der Waals surface area contributed by atoms with Crippen LogP contribution in [-0.4, -0.2) is 92.2 Å². The van der Waals surface area contributed by atoms with Crippen LogP contribution in [0.25, 0.3) is 0 Å². The topological polar surface area (TPSA) is 89.5 Å². The Morgan fingerprint density at radius 1 is 0.851 bits per heavy atom. The zero-order valence-electron chi connectivity index (χ0n) is 28.8. The van der Waals surface area contributed by atoms with Crippen molar-refractivity contribution in [2.45, 2.75) is 59.9 Å². The minimum Gasteiger partial charge on any atom is -0.497 e. The summed E-state index contributed by atoms with van der Waals surface area (Å²) in [6.07, 6.45) is 5.44. The number of rotatable bonds is 18. The second kappa shape index (κ2) is 18.7. The molecule has 2 N–H and O–H groups in total. The molecule has 0 aliphatic heterocycles. The molecule has 9 nitrogen and oxygen atoms in total. The third-order valence-electron chi connectivity index (χ3n) is 8.97. The summed E-state index contributed by atoms with van der Waals surface area (Å²) >= 11 is 1.51. The lowest BCUT2D eigenvalue weighted by Gasteiger charge is -2.29.